The lowest BCUT2D eigenvalue weighted by molar-refractivity contribution is -0.141. The fourth-order valence-electron chi connectivity index (χ4n) is 2.06. The van der Waals surface area contributed by atoms with Crippen molar-refractivity contribution in [3.8, 4) is 0 Å². The molecule has 2 rings (SSSR count). The van der Waals surface area contributed by atoms with E-state index in [9.17, 15) is 13.2 Å². The first-order valence-electron chi connectivity index (χ1n) is 6.89. The van der Waals surface area contributed by atoms with Gasteiger partial charge in [0.2, 0.25) is 0 Å². The van der Waals surface area contributed by atoms with E-state index in [2.05, 4.69) is 28.9 Å². The van der Waals surface area contributed by atoms with Crippen molar-refractivity contribution < 1.29 is 13.2 Å². The molecule has 0 saturated carbocycles. The summed E-state index contributed by atoms with van der Waals surface area (Å²) in [6.07, 6.45) is -2.34. The van der Waals surface area contributed by atoms with Crippen LogP contribution < -0.4 is 4.90 Å². The molecule has 0 radical (unpaired) electrons. The molecular weight excluding hydrogens is 283 g/mol. The standard InChI is InChI=1S/C13H18F3N5/c1-4-9(3)7-20(5-2)11-6-10(13(14,15)16)19-12-17-8-18-21(11)12/h6,8-9H,4-5,7H2,1-3H3. The molecule has 1 unspecified atom stereocenters. The van der Waals surface area contributed by atoms with Crippen LogP contribution >= 0.6 is 0 Å². The summed E-state index contributed by atoms with van der Waals surface area (Å²) in [6, 6.07) is 1.04. The van der Waals surface area contributed by atoms with Crippen molar-refractivity contribution >= 4 is 11.6 Å². The van der Waals surface area contributed by atoms with E-state index < -0.39 is 11.9 Å². The maximum Gasteiger partial charge on any atom is 0.433 e. The summed E-state index contributed by atoms with van der Waals surface area (Å²) in [7, 11) is 0. The number of hydrogen-bond acceptors (Lipinski definition) is 4. The number of fused-ring (bicyclic) bond motifs is 1. The number of halogens is 3. The fourth-order valence-corrected chi connectivity index (χ4v) is 2.06. The molecule has 0 aliphatic rings. The van der Waals surface area contributed by atoms with Crippen molar-refractivity contribution in [1.29, 1.82) is 0 Å². The highest BCUT2D eigenvalue weighted by Crippen LogP contribution is 2.30. The molecule has 5 nitrogen and oxygen atoms in total. The monoisotopic (exact) mass is 301 g/mol. The molecule has 0 aromatic carbocycles. The topological polar surface area (TPSA) is 46.3 Å². The molecule has 0 amide bonds. The smallest absolute Gasteiger partial charge is 0.356 e. The Morgan fingerprint density at radius 1 is 1.33 bits per heavy atom. The van der Waals surface area contributed by atoms with Gasteiger partial charge in [0, 0.05) is 19.2 Å². The minimum absolute atomic E-state index is 0.0394. The zero-order valence-electron chi connectivity index (χ0n) is 12.2. The van der Waals surface area contributed by atoms with Gasteiger partial charge in [-0.25, -0.2) is 4.98 Å². The summed E-state index contributed by atoms with van der Waals surface area (Å²) in [5.74, 6) is 0.695. The number of hydrogen-bond donors (Lipinski definition) is 0. The molecule has 2 aromatic heterocycles. The summed E-state index contributed by atoms with van der Waals surface area (Å²) < 4.78 is 40.2. The second-order valence-electron chi connectivity index (χ2n) is 5.02. The van der Waals surface area contributed by atoms with Crippen molar-refractivity contribution in [3.05, 3.63) is 18.1 Å². The van der Waals surface area contributed by atoms with E-state index in [1.54, 1.807) is 0 Å². The molecule has 0 aliphatic heterocycles. The van der Waals surface area contributed by atoms with Crippen molar-refractivity contribution in [3.63, 3.8) is 0 Å². The maximum atomic E-state index is 13.0. The van der Waals surface area contributed by atoms with Gasteiger partial charge in [0.1, 0.15) is 12.1 Å². The Kier molecular flexibility index (Phi) is 4.34. The van der Waals surface area contributed by atoms with E-state index >= 15 is 0 Å². The van der Waals surface area contributed by atoms with Crippen LogP contribution in [0.4, 0.5) is 19.0 Å². The van der Waals surface area contributed by atoms with Crippen LogP contribution in [0.2, 0.25) is 0 Å². The van der Waals surface area contributed by atoms with E-state index in [4.69, 9.17) is 0 Å². The number of alkyl halides is 3. The quantitative estimate of drug-likeness (QED) is 0.851. The summed E-state index contributed by atoms with van der Waals surface area (Å²) in [5.41, 5.74) is -0.944. The molecule has 0 fully saturated rings. The van der Waals surface area contributed by atoms with Gasteiger partial charge in [-0.15, -0.1) is 0 Å². The van der Waals surface area contributed by atoms with Gasteiger partial charge >= 0.3 is 6.18 Å². The molecule has 116 valence electrons. The van der Waals surface area contributed by atoms with Gasteiger partial charge in [-0.2, -0.15) is 27.8 Å². The second-order valence-corrected chi connectivity index (χ2v) is 5.02. The van der Waals surface area contributed by atoms with Crippen LogP contribution in [0, 0.1) is 5.92 Å². The normalized spacial score (nSPS) is 13.6. The van der Waals surface area contributed by atoms with Gasteiger partial charge in [0.05, 0.1) is 0 Å². The lowest BCUT2D eigenvalue weighted by Crippen LogP contribution is -2.30. The third-order valence-corrected chi connectivity index (χ3v) is 3.46. The van der Waals surface area contributed by atoms with Crippen molar-refractivity contribution in [2.45, 2.75) is 33.4 Å². The molecule has 2 aromatic rings. The lowest BCUT2D eigenvalue weighted by Gasteiger charge is -2.26. The molecule has 1 atom stereocenters. The van der Waals surface area contributed by atoms with Gasteiger partial charge in [-0.3, -0.25) is 0 Å². The van der Waals surface area contributed by atoms with Crippen molar-refractivity contribution in [1.82, 2.24) is 19.6 Å². The molecule has 0 aliphatic carbocycles. The Bertz CT molecular complexity index is 607. The number of nitrogens with zero attached hydrogens (tertiary/aromatic N) is 5. The first-order chi connectivity index (χ1) is 9.86. The summed E-state index contributed by atoms with van der Waals surface area (Å²) >= 11 is 0. The third-order valence-electron chi connectivity index (χ3n) is 3.46. The zero-order chi connectivity index (χ0) is 15.6. The first kappa shape index (κ1) is 15.5. The van der Waals surface area contributed by atoms with Gasteiger partial charge < -0.3 is 4.90 Å². The van der Waals surface area contributed by atoms with E-state index in [0.717, 1.165) is 12.5 Å². The van der Waals surface area contributed by atoms with Gasteiger partial charge in [0.15, 0.2) is 5.69 Å². The van der Waals surface area contributed by atoms with Gasteiger partial charge in [-0.1, -0.05) is 20.3 Å². The van der Waals surface area contributed by atoms with Crippen LogP contribution in [0.25, 0.3) is 5.78 Å². The van der Waals surface area contributed by atoms with Crippen LogP contribution in [0.3, 0.4) is 0 Å². The Balaban J connectivity index is 2.51. The Morgan fingerprint density at radius 2 is 2.05 bits per heavy atom. The van der Waals surface area contributed by atoms with Crippen LogP contribution in [-0.4, -0.2) is 32.7 Å². The molecule has 0 bridgehead atoms. The second kappa shape index (κ2) is 5.87. The van der Waals surface area contributed by atoms with Crippen LogP contribution in [-0.2, 0) is 6.18 Å². The predicted octanol–water partition coefficient (Wildman–Crippen LogP) is 3.02. The highest BCUT2D eigenvalue weighted by atomic mass is 19.4. The minimum atomic E-state index is -4.50. The number of anilines is 1. The molecule has 8 heteroatoms. The van der Waals surface area contributed by atoms with E-state index in [0.29, 0.717) is 24.8 Å². The van der Waals surface area contributed by atoms with E-state index in [1.165, 1.54) is 10.8 Å². The Hall–Kier alpha value is -1.86. The molecule has 0 N–H and O–H groups in total. The SMILES string of the molecule is CCC(C)CN(CC)c1cc(C(F)(F)F)nc2ncnn12. The Morgan fingerprint density at radius 3 is 2.62 bits per heavy atom. The average Bonchev–Trinajstić information content (AvgIpc) is 2.90. The van der Waals surface area contributed by atoms with E-state index in [1.807, 2.05) is 11.8 Å². The number of aromatic nitrogens is 4. The lowest BCUT2D eigenvalue weighted by atomic mass is 10.1. The molecule has 21 heavy (non-hydrogen) atoms. The zero-order valence-corrected chi connectivity index (χ0v) is 12.2. The van der Waals surface area contributed by atoms with Gasteiger partial charge in [-0.05, 0) is 12.8 Å². The summed E-state index contributed by atoms with van der Waals surface area (Å²) in [6.45, 7) is 7.26. The van der Waals surface area contributed by atoms with Crippen molar-refractivity contribution in [2.75, 3.05) is 18.0 Å². The highest BCUT2D eigenvalue weighted by Gasteiger charge is 2.34. The molecule has 2 heterocycles. The minimum Gasteiger partial charge on any atom is -0.356 e. The van der Waals surface area contributed by atoms with Crippen molar-refractivity contribution in [2.24, 2.45) is 5.92 Å². The molecule has 0 saturated heterocycles. The van der Waals surface area contributed by atoms with Crippen LogP contribution in [0.15, 0.2) is 12.4 Å². The first-order valence-corrected chi connectivity index (χ1v) is 6.89. The maximum absolute atomic E-state index is 13.0. The number of rotatable bonds is 5. The van der Waals surface area contributed by atoms with E-state index in [-0.39, 0.29) is 5.78 Å². The Labute approximate surface area is 120 Å². The predicted molar refractivity (Wildman–Crippen MR) is 73.1 cm³/mol. The van der Waals surface area contributed by atoms with Crippen LogP contribution in [0.5, 0.6) is 0 Å². The average molecular weight is 301 g/mol. The third kappa shape index (κ3) is 3.25. The van der Waals surface area contributed by atoms with Gasteiger partial charge in [0.25, 0.3) is 5.78 Å². The molecule has 0 spiro atoms. The highest BCUT2D eigenvalue weighted by molar-refractivity contribution is 5.47. The fraction of sp³-hybridized carbons (Fsp3) is 0.615. The largest absolute Gasteiger partial charge is 0.433 e. The molecular formula is C13H18F3N5. The summed E-state index contributed by atoms with van der Waals surface area (Å²) in [5, 5.41) is 3.98. The van der Waals surface area contributed by atoms with Crippen LogP contribution in [0.1, 0.15) is 32.9 Å². The summed E-state index contributed by atoms with van der Waals surface area (Å²) in [4.78, 5) is 9.17.